The molecule has 0 atom stereocenters. The van der Waals surface area contributed by atoms with Gasteiger partial charge in [0.15, 0.2) is 0 Å². The van der Waals surface area contributed by atoms with E-state index in [9.17, 15) is 0 Å². The molecule has 2 nitrogen and oxygen atoms in total. The number of rotatable bonds is 3. The zero-order valence-electron chi connectivity index (χ0n) is 9.37. The van der Waals surface area contributed by atoms with Gasteiger partial charge in [0.2, 0.25) is 0 Å². The smallest absolute Gasteiger partial charge is 0.0516 e. The summed E-state index contributed by atoms with van der Waals surface area (Å²) in [5.74, 6) is 0. The van der Waals surface area contributed by atoms with E-state index in [1.807, 2.05) is 0 Å². The maximum atomic E-state index is 3.61. The van der Waals surface area contributed by atoms with Crippen molar-refractivity contribution in [1.82, 2.24) is 9.88 Å². The quantitative estimate of drug-likeness (QED) is 0.827. The molecule has 2 heteroatoms. The van der Waals surface area contributed by atoms with Crippen molar-refractivity contribution in [3.63, 3.8) is 0 Å². The third-order valence-electron chi connectivity index (χ3n) is 3.84. The minimum Gasteiger partial charge on any atom is -0.343 e. The summed E-state index contributed by atoms with van der Waals surface area (Å²) >= 11 is 0. The predicted molar refractivity (Wildman–Crippen MR) is 65.5 cm³/mol. The Morgan fingerprint density at radius 1 is 1.31 bits per heavy atom. The molecule has 1 aliphatic carbocycles. The Hall–Kier alpha value is -1.28. The third kappa shape index (κ3) is 1.23. The maximum absolute atomic E-state index is 3.61. The fraction of sp³-hybridized carbons (Fsp3) is 0.429. The molecule has 0 unspecified atom stereocenters. The molecule has 82 valence electrons. The van der Waals surface area contributed by atoms with Crippen molar-refractivity contribution >= 4 is 10.9 Å². The number of aromatic nitrogens is 1. The predicted octanol–water partition coefficient (Wildman–Crippen LogP) is 2.45. The minimum absolute atomic E-state index is 0.798. The van der Waals surface area contributed by atoms with Gasteiger partial charge in [0.1, 0.15) is 0 Å². The monoisotopic (exact) mass is 212 g/mol. The standard InChI is InChI=1S/C14H16N2/c1-2-10-6-7-16-13(9-15-12-4-5-12)8-11(3-1)14(10)16/h1-3,8,12,15H,4-7,9H2. The van der Waals surface area contributed by atoms with Crippen molar-refractivity contribution in [2.24, 2.45) is 0 Å². The summed E-state index contributed by atoms with van der Waals surface area (Å²) in [6.07, 6.45) is 3.95. The molecule has 0 spiro atoms. The first-order valence-corrected chi connectivity index (χ1v) is 6.25. The van der Waals surface area contributed by atoms with Crippen molar-refractivity contribution in [2.75, 3.05) is 0 Å². The van der Waals surface area contributed by atoms with E-state index >= 15 is 0 Å². The third-order valence-corrected chi connectivity index (χ3v) is 3.84. The molecular formula is C14H16N2. The lowest BCUT2D eigenvalue weighted by molar-refractivity contribution is 0.631. The van der Waals surface area contributed by atoms with Gasteiger partial charge >= 0.3 is 0 Å². The first kappa shape index (κ1) is 8.82. The molecule has 2 aromatic rings. The largest absolute Gasteiger partial charge is 0.343 e. The highest BCUT2D eigenvalue weighted by atomic mass is 15.0. The van der Waals surface area contributed by atoms with E-state index < -0.39 is 0 Å². The number of aryl methyl sites for hydroxylation is 2. The number of hydrogen-bond acceptors (Lipinski definition) is 1. The molecule has 1 aromatic carbocycles. The molecule has 2 aliphatic rings. The van der Waals surface area contributed by atoms with E-state index in [2.05, 4.69) is 34.1 Å². The van der Waals surface area contributed by atoms with Crippen molar-refractivity contribution in [3.05, 3.63) is 35.5 Å². The number of hydrogen-bond donors (Lipinski definition) is 1. The fourth-order valence-corrected chi connectivity index (χ4v) is 2.83. The lowest BCUT2D eigenvalue weighted by atomic mass is 10.1. The van der Waals surface area contributed by atoms with Gasteiger partial charge in [-0.15, -0.1) is 0 Å². The number of nitrogens with one attached hydrogen (secondary N) is 1. The number of benzene rings is 1. The van der Waals surface area contributed by atoms with Crippen LogP contribution in [0.4, 0.5) is 0 Å². The minimum atomic E-state index is 0.798. The Balaban J connectivity index is 1.77. The second-order valence-electron chi connectivity index (χ2n) is 5.05. The van der Waals surface area contributed by atoms with Crippen molar-refractivity contribution in [2.45, 2.75) is 38.4 Å². The van der Waals surface area contributed by atoms with Crippen LogP contribution in [0.25, 0.3) is 10.9 Å². The Morgan fingerprint density at radius 2 is 2.25 bits per heavy atom. The van der Waals surface area contributed by atoms with Gasteiger partial charge in [-0.1, -0.05) is 18.2 Å². The molecule has 0 radical (unpaired) electrons. The summed E-state index contributed by atoms with van der Waals surface area (Å²) in [7, 11) is 0. The van der Waals surface area contributed by atoms with Crippen LogP contribution in [0.3, 0.4) is 0 Å². The summed E-state index contributed by atoms with van der Waals surface area (Å²) in [6.45, 7) is 2.21. The van der Waals surface area contributed by atoms with Crippen molar-refractivity contribution in [3.8, 4) is 0 Å². The van der Waals surface area contributed by atoms with Crippen LogP contribution < -0.4 is 5.32 Å². The molecule has 1 N–H and O–H groups in total. The van der Waals surface area contributed by atoms with Crippen molar-refractivity contribution in [1.29, 1.82) is 0 Å². The van der Waals surface area contributed by atoms with Gasteiger partial charge in [0, 0.05) is 30.2 Å². The maximum Gasteiger partial charge on any atom is 0.0516 e. The van der Waals surface area contributed by atoms with E-state index in [0.29, 0.717) is 0 Å². The Labute approximate surface area is 95.3 Å². The molecule has 2 heterocycles. The molecule has 4 rings (SSSR count). The first-order chi connectivity index (χ1) is 7.92. The summed E-state index contributed by atoms with van der Waals surface area (Å²) < 4.78 is 2.50. The molecular weight excluding hydrogens is 196 g/mol. The zero-order valence-corrected chi connectivity index (χ0v) is 9.37. The summed E-state index contributed by atoms with van der Waals surface area (Å²) in [5.41, 5.74) is 4.47. The van der Waals surface area contributed by atoms with Crippen LogP contribution in [-0.2, 0) is 19.5 Å². The van der Waals surface area contributed by atoms with E-state index in [1.54, 1.807) is 0 Å². The van der Waals surface area contributed by atoms with Crippen LogP contribution in [0.5, 0.6) is 0 Å². The highest BCUT2D eigenvalue weighted by Gasteiger charge is 2.22. The molecule has 1 aromatic heterocycles. The van der Waals surface area contributed by atoms with Crippen LogP contribution in [0, 0.1) is 0 Å². The van der Waals surface area contributed by atoms with Crippen LogP contribution in [0.2, 0.25) is 0 Å². The Kier molecular flexibility index (Phi) is 1.71. The van der Waals surface area contributed by atoms with Gasteiger partial charge in [0.25, 0.3) is 0 Å². The molecule has 1 aliphatic heterocycles. The van der Waals surface area contributed by atoms with Crippen LogP contribution >= 0.6 is 0 Å². The highest BCUT2D eigenvalue weighted by molar-refractivity contribution is 5.85. The normalized spacial score (nSPS) is 18.5. The molecule has 1 saturated carbocycles. The lowest BCUT2D eigenvalue weighted by Gasteiger charge is -2.05. The molecule has 0 saturated heterocycles. The first-order valence-electron chi connectivity index (χ1n) is 6.25. The fourth-order valence-electron chi connectivity index (χ4n) is 2.83. The average molecular weight is 212 g/mol. The highest BCUT2D eigenvalue weighted by Crippen LogP contribution is 2.29. The van der Waals surface area contributed by atoms with E-state index in [-0.39, 0.29) is 0 Å². The number of nitrogens with zero attached hydrogens (tertiary/aromatic N) is 1. The molecule has 1 fully saturated rings. The molecule has 0 amide bonds. The zero-order chi connectivity index (χ0) is 10.5. The van der Waals surface area contributed by atoms with E-state index in [4.69, 9.17) is 0 Å². The summed E-state index contributed by atoms with van der Waals surface area (Å²) in [6, 6.07) is 9.84. The molecule has 16 heavy (non-hydrogen) atoms. The van der Waals surface area contributed by atoms with Crippen LogP contribution in [-0.4, -0.2) is 10.6 Å². The van der Waals surface area contributed by atoms with E-state index in [0.717, 1.165) is 12.6 Å². The summed E-state index contributed by atoms with van der Waals surface area (Å²) in [4.78, 5) is 0. The SMILES string of the molecule is c1cc2c3c(c1)cc(CNC1CC1)n3CC2. The van der Waals surface area contributed by atoms with Gasteiger partial charge in [-0.2, -0.15) is 0 Å². The van der Waals surface area contributed by atoms with Crippen LogP contribution in [0.15, 0.2) is 24.3 Å². The van der Waals surface area contributed by atoms with Gasteiger partial charge in [0.05, 0.1) is 5.52 Å². The van der Waals surface area contributed by atoms with Gasteiger partial charge in [-0.05, 0) is 30.9 Å². The van der Waals surface area contributed by atoms with E-state index in [1.165, 1.54) is 48.0 Å². The van der Waals surface area contributed by atoms with Gasteiger partial charge in [-0.3, -0.25) is 0 Å². The van der Waals surface area contributed by atoms with Crippen molar-refractivity contribution < 1.29 is 0 Å². The lowest BCUT2D eigenvalue weighted by Crippen LogP contribution is -2.17. The topological polar surface area (TPSA) is 17.0 Å². The van der Waals surface area contributed by atoms with Gasteiger partial charge < -0.3 is 9.88 Å². The Bertz CT molecular complexity index is 549. The second kappa shape index (κ2) is 3.11. The second-order valence-corrected chi connectivity index (χ2v) is 5.05. The Morgan fingerprint density at radius 3 is 3.12 bits per heavy atom. The van der Waals surface area contributed by atoms with Crippen LogP contribution in [0.1, 0.15) is 24.1 Å². The van der Waals surface area contributed by atoms with Gasteiger partial charge in [-0.25, -0.2) is 0 Å². The average Bonchev–Trinajstić information content (AvgIpc) is 2.92. The summed E-state index contributed by atoms with van der Waals surface area (Å²) in [5, 5.41) is 5.03. The number of para-hydroxylation sites is 1. The molecule has 0 bridgehead atoms.